The van der Waals surface area contributed by atoms with E-state index in [1.165, 1.54) is 32.5 Å². The predicted octanol–water partition coefficient (Wildman–Crippen LogP) is 2.09. The number of hydrogen-bond donors (Lipinski definition) is 1. The molecule has 2 N–H and O–H groups in total. The Labute approximate surface area is 88.8 Å². The average molecular weight is 198 g/mol. The van der Waals surface area contributed by atoms with E-state index in [2.05, 4.69) is 25.7 Å². The fraction of sp³-hybridized carbons (Fsp3) is 1.00. The van der Waals surface area contributed by atoms with Crippen LogP contribution in [0.3, 0.4) is 0 Å². The molecule has 1 saturated heterocycles. The quantitative estimate of drug-likeness (QED) is 0.749. The molecular weight excluding hydrogens is 172 g/mol. The van der Waals surface area contributed by atoms with Gasteiger partial charge < -0.3 is 10.6 Å². The molecule has 1 aliphatic heterocycles. The molecule has 1 fully saturated rings. The van der Waals surface area contributed by atoms with Crippen molar-refractivity contribution in [1.82, 2.24) is 4.90 Å². The van der Waals surface area contributed by atoms with E-state index >= 15 is 0 Å². The van der Waals surface area contributed by atoms with Gasteiger partial charge in [0.15, 0.2) is 0 Å². The van der Waals surface area contributed by atoms with Gasteiger partial charge in [0.2, 0.25) is 0 Å². The van der Waals surface area contributed by atoms with Crippen molar-refractivity contribution in [3.05, 3.63) is 0 Å². The largest absolute Gasteiger partial charge is 0.327 e. The third-order valence-corrected chi connectivity index (χ3v) is 3.51. The maximum absolute atomic E-state index is 6.03. The number of likely N-dealkylation sites (tertiary alicyclic amines) is 1. The van der Waals surface area contributed by atoms with Crippen molar-refractivity contribution >= 4 is 0 Å². The van der Waals surface area contributed by atoms with Crippen molar-refractivity contribution in [3.8, 4) is 0 Å². The van der Waals surface area contributed by atoms with Crippen LogP contribution in [0.1, 0.15) is 40.0 Å². The van der Waals surface area contributed by atoms with Crippen LogP contribution in [0, 0.1) is 11.8 Å². The molecule has 0 radical (unpaired) electrons. The Morgan fingerprint density at radius 3 is 2.36 bits per heavy atom. The van der Waals surface area contributed by atoms with Gasteiger partial charge in [-0.25, -0.2) is 0 Å². The highest BCUT2D eigenvalue weighted by molar-refractivity contribution is 4.72. The highest BCUT2D eigenvalue weighted by atomic mass is 15.1. The first-order chi connectivity index (χ1) is 6.59. The van der Waals surface area contributed by atoms with Gasteiger partial charge in [-0.15, -0.1) is 0 Å². The molecule has 84 valence electrons. The van der Waals surface area contributed by atoms with Gasteiger partial charge >= 0.3 is 0 Å². The van der Waals surface area contributed by atoms with Gasteiger partial charge in [-0.1, -0.05) is 20.8 Å². The minimum Gasteiger partial charge on any atom is -0.327 e. The molecule has 0 aromatic rings. The maximum atomic E-state index is 6.03. The highest BCUT2D eigenvalue weighted by Crippen LogP contribution is 2.16. The molecule has 0 unspecified atom stereocenters. The third-order valence-electron chi connectivity index (χ3n) is 3.51. The molecule has 0 saturated carbocycles. The minimum atomic E-state index is 0.384. The predicted molar refractivity (Wildman–Crippen MR) is 62.3 cm³/mol. The molecule has 1 heterocycles. The molecule has 2 nitrogen and oxygen atoms in total. The molecule has 1 atom stereocenters. The van der Waals surface area contributed by atoms with Gasteiger partial charge in [0, 0.05) is 6.04 Å². The number of rotatable bonds is 4. The summed E-state index contributed by atoms with van der Waals surface area (Å²) in [6, 6.07) is 0.384. The Bertz CT molecular complexity index is 148. The lowest BCUT2D eigenvalue weighted by Crippen LogP contribution is -2.37. The Kier molecular flexibility index (Phi) is 4.90. The van der Waals surface area contributed by atoms with E-state index in [1.807, 2.05) is 0 Å². The molecule has 1 aliphatic rings. The topological polar surface area (TPSA) is 29.3 Å². The Morgan fingerprint density at radius 2 is 1.86 bits per heavy atom. The molecule has 14 heavy (non-hydrogen) atoms. The van der Waals surface area contributed by atoms with Crippen LogP contribution in [0.5, 0.6) is 0 Å². The second kappa shape index (κ2) is 5.72. The number of hydrogen-bond acceptors (Lipinski definition) is 2. The second-order valence-electron chi connectivity index (χ2n) is 5.22. The third kappa shape index (κ3) is 3.97. The minimum absolute atomic E-state index is 0.384. The summed E-state index contributed by atoms with van der Waals surface area (Å²) < 4.78 is 0. The van der Waals surface area contributed by atoms with E-state index in [4.69, 9.17) is 5.73 Å². The van der Waals surface area contributed by atoms with Gasteiger partial charge in [-0.05, 0) is 50.7 Å². The summed E-state index contributed by atoms with van der Waals surface area (Å²) in [6.45, 7) is 10.5. The van der Waals surface area contributed by atoms with Crippen LogP contribution < -0.4 is 5.73 Å². The van der Waals surface area contributed by atoms with Crippen LogP contribution >= 0.6 is 0 Å². The average Bonchev–Trinajstić information content (AvgIpc) is 2.16. The van der Waals surface area contributed by atoms with Crippen LogP contribution in [-0.2, 0) is 0 Å². The first-order valence-electron chi connectivity index (χ1n) is 6.07. The van der Waals surface area contributed by atoms with E-state index in [1.54, 1.807) is 0 Å². The number of piperidine rings is 1. The van der Waals surface area contributed by atoms with Crippen LogP contribution in [0.2, 0.25) is 0 Å². The number of nitrogens with two attached hydrogens (primary N) is 1. The Balaban J connectivity index is 2.13. The van der Waals surface area contributed by atoms with Crippen LogP contribution in [0.25, 0.3) is 0 Å². The first-order valence-corrected chi connectivity index (χ1v) is 6.07. The summed E-state index contributed by atoms with van der Waals surface area (Å²) in [6.07, 6.45) is 3.90. The second-order valence-corrected chi connectivity index (χ2v) is 5.22. The molecule has 2 heteroatoms. The van der Waals surface area contributed by atoms with Gasteiger partial charge in [0.25, 0.3) is 0 Å². The van der Waals surface area contributed by atoms with Crippen molar-refractivity contribution in [1.29, 1.82) is 0 Å². The zero-order chi connectivity index (χ0) is 10.6. The molecule has 0 spiro atoms. The normalized spacial score (nSPS) is 22.9. The maximum Gasteiger partial charge on any atom is 0.00740 e. The summed E-state index contributed by atoms with van der Waals surface area (Å²) in [5.41, 5.74) is 6.03. The molecule has 1 rings (SSSR count). The summed E-state index contributed by atoms with van der Waals surface area (Å²) in [4.78, 5) is 2.57. The Morgan fingerprint density at radius 1 is 1.29 bits per heavy atom. The lowest BCUT2D eigenvalue weighted by Gasteiger charge is -2.31. The summed E-state index contributed by atoms with van der Waals surface area (Å²) in [5.74, 6) is 1.56. The van der Waals surface area contributed by atoms with Gasteiger partial charge in [-0.2, -0.15) is 0 Å². The van der Waals surface area contributed by atoms with Gasteiger partial charge in [-0.3, -0.25) is 0 Å². The fourth-order valence-corrected chi connectivity index (χ4v) is 1.95. The molecule has 0 aromatic carbocycles. The SMILES string of the molecule is CC1CCN(CC[C@@H](N)C(C)C)CC1. The van der Waals surface area contributed by atoms with Crippen LogP contribution in [0.15, 0.2) is 0 Å². The van der Waals surface area contributed by atoms with Crippen molar-refractivity contribution in [3.63, 3.8) is 0 Å². The zero-order valence-corrected chi connectivity index (χ0v) is 10.00. The fourth-order valence-electron chi connectivity index (χ4n) is 1.95. The van der Waals surface area contributed by atoms with Crippen molar-refractivity contribution < 1.29 is 0 Å². The van der Waals surface area contributed by atoms with E-state index in [0.29, 0.717) is 12.0 Å². The monoisotopic (exact) mass is 198 g/mol. The van der Waals surface area contributed by atoms with Crippen molar-refractivity contribution in [2.45, 2.75) is 46.1 Å². The highest BCUT2D eigenvalue weighted by Gasteiger charge is 2.16. The molecule has 0 bridgehead atoms. The van der Waals surface area contributed by atoms with E-state index in [0.717, 1.165) is 12.3 Å². The molecular formula is C12H26N2. The standard InChI is InChI=1S/C12H26N2/c1-10(2)12(13)6-9-14-7-4-11(3)5-8-14/h10-12H,4-9,13H2,1-3H3/t12-/m1/s1. The van der Waals surface area contributed by atoms with Crippen molar-refractivity contribution in [2.75, 3.05) is 19.6 Å². The first kappa shape index (κ1) is 12.0. The summed E-state index contributed by atoms with van der Waals surface area (Å²) in [5, 5.41) is 0. The van der Waals surface area contributed by atoms with Gasteiger partial charge in [0.1, 0.15) is 0 Å². The number of nitrogens with zero attached hydrogens (tertiary/aromatic N) is 1. The van der Waals surface area contributed by atoms with Crippen LogP contribution in [0.4, 0.5) is 0 Å². The summed E-state index contributed by atoms with van der Waals surface area (Å²) >= 11 is 0. The van der Waals surface area contributed by atoms with Crippen LogP contribution in [-0.4, -0.2) is 30.6 Å². The van der Waals surface area contributed by atoms with E-state index < -0.39 is 0 Å². The summed E-state index contributed by atoms with van der Waals surface area (Å²) in [7, 11) is 0. The lowest BCUT2D eigenvalue weighted by atomic mass is 9.97. The van der Waals surface area contributed by atoms with Gasteiger partial charge in [0.05, 0.1) is 0 Å². The molecule has 0 amide bonds. The van der Waals surface area contributed by atoms with Crippen molar-refractivity contribution in [2.24, 2.45) is 17.6 Å². The Hall–Kier alpha value is -0.0800. The smallest absolute Gasteiger partial charge is 0.00740 e. The zero-order valence-electron chi connectivity index (χ0n) is 10.00. The van der Waals surface area contributed by atoms with E-state index in [9.17, 15) is 0 Å². The van der Waals surface area contributed by atoms with E-state index in [-0.39, 0.29) is 0 Å². The molecule has 0 aliphatic carbocycles. The molecule has 0 aromatic heterocycles. The lowest BCUT2D eigenvalue weighted by molar-refractivity contribution is 0.183.